The van der Waals surface area contributed by atoms with Gasteiger partial charge in [-0.05, 0) is 31.0 Å². The first-order valence-electron chi connectivity index (χ1n) is 7.56. The molecule has 0 aliphatic heterocycles. The van der Waals surface area contributed by atoms with Crippen LogP contribution in [0, 0.1) is 0 Å². The molecule has 0 aromatic carbocycles. The quantitative estimate of drug-likeness (QED) is 0.461. The van der Waals surface area contributed by atoms with Crippen molar-refractivity contribution in [3.8, 4) is 0 Å². The second kappa shape index (κ2) is 9.11. The van der Waals surface area contributed by atoms with Crippen LogP contribution in [0.4, 0.5) is 0 Å². The molecule has 0 rings (SSSR count). The minimum absolute atomic E-state index is 0.331. The molecule has 0 saturated heterocycles. The van der Waals surface area contributed by atoms with Crippen LogP contribution in [-0.4, -0.2) is 26.6 Å². The number of hydrogen-bond acceptors (Lipinski definition) is 2. The number of rotatable bonds is 10. The van der Waals surface area contributed by atoms with Gasteiger partial charge in [0.2, 0.25) is 0 Å². The van der Waals surface area contributed by atoms with Gasteiger partial charge in [-0.25, -0.2) is 0 Å². The highest BCUT2D eigenvalue weighted by Crippen LogP contribution is 2.36. The SMILES string of the molecule is CC(C)(C)[Si](C)(C)OCCCCCCCCCO. The molecule has 0 aliphatic rings. The Kier molecular flexibility index (Phi) is 9.18. The third-order valence-corrected chi connectivity index (χ3v) is 8.61. The predicted molar refractivity (Wildman–Crippen MR) is 82.6 cm³/mol. The number of aliphatic hydroxyl groups is 1. The summed E-state index contributed by atoms with van der Waals surface area (Å²) in [5, 5.41) is 9.00. The highest BCUT2D eigenvalue weighted by molar-refractivity contribution is 6.74. The Bertz CT molecular complexity index is 197. The molecular formula is C15H34O2Si. The summed E-state index contributed by atoms with van der Waals surface area (Å²) in [6.07, 6.45) is 8.52. The Hall–Kier alpha value is 0.137. The molecule has 0 spiro atoms. The Morgan fingerprint density at radius 3 is 1.72 bits per heavy atom. The van der Waals surface area contributed by atoms with Gasteiger partial charge in [-0.15, -0.1) is 0 Å². The fraction of sp³-hybridized carbons (Fsp3) is 1.00. The molecule has 2 nitrogen and oxygen atoms in total. The van der Waals surface area contributed by atoms with Gasteiger partial charge >= 0.3 is 0 Å². The van der Waals surface area contributed by atoms with Crippen molar-refractivity contribution in [2.75, 3.05) is 13.2 Å². The van der Waals surface area contributed by atoms with E-state index in [1.54, 1.807) is 0 Å². The standard InChI is InChI=1S/C15H34O2Si/c1-15(2,3)18(4,5)17-14-12-10-8-6-7-9-11-13-16/h16H,6-14H2,1-5H3. The van der Waals surface area contributed by atoms with Gasteiger partial charge in [-0.3, -0.25) is 0 Å². The van der Waals surface area contributed by atoms with E-state index in [0.717, 1.165) is 13.0 Å². The zero-order valence-electron chi connectivity index (χ0n) is 13.2. The highest BCUT2D eigenvalue weighted by atomic mass is 28.4. The molecule has 0 unspecified atom stereocenters. The molecule has 0 saturated carbocycles. The maximum atomic E-state index is 8.67. The summed E-state index contributed by atoms with van der Waals surface area (Å²) in [4.78, 5) is 0. The summed E-state index contributed by atoms with van der Waals surface area (Å²) in [6.45, 7) is 12.8. The first kappa shape index (κ1) is 18.1. The second-order valence-electron chi connectivity index (χ2n) is 6.81. The zero-order chi connectivity index (χ0) is 14.1. The molecule has 0 fully saturated rings. The lowest BCUT2D eigenvalue weighted by Crippen LogP contribution is -2.40. The first-order chi connectivity index (χ1) is 8.31. The van der Waals surface area contributed by atoms with Gasteiger partial charge in [0.25, 0.3) is 0 Å². The van der Waals surface area contributed by atoms with E-state index in [2.05, 4.69) is 33.9 Å². The Balaban J connectivity index is 3.41. The average Bonchev–Trinajstić information content (AvgIpc) is 2.25. The van der Waals surface area contributed by atoms with Gasteiger partial charge in [-0.2, -0.15) is 0 Å². The van der Waals surface area contributed by atoms with E-state index in [4.69, 9.17) is 9.53 Å². The molecule has 0 aromatic rings. The topological polar surface area (TPSA) is 29.5 Å². The van der Waals surface area contributed by atoms with Crippen molar-refractivity contribution in [2.24, 2.45) is 0 Å². The van der Waals surface area contributed by atoms with Crippen LogP contribution in [0.1, 0.15) is 65.7 Å². The zero-order valence-corrected chi connectivity index (χ0v) is 14.2. The molecule has 110 valence electrons. The molecule has 0 heterocycles. The maximum absolute atomic E-state index is 8.67. The van der Waals surface area contributed by atoms with Crippen molar-refractivity contribution in [3.05, 3.63) is 0 Å². The lowest BCUT2D eigenvalue weighted by molar-refractivity contribution is 0.275. The van der Waals surface area contributed by atoms with Gasteiger partial charge in [0, 0.05) is 13.2 Å². The third kappa shape index (κ3) is 8.28. The third-order valence-electron chi connectivity index (χ3n) is 4.07. The lowest BCUT2D eigenvalue weighted by atomic mass is 10.1. The van der Waals surface area contributed by atoms with Crippen LogP contribution in [0.2, 0.25) is 18.1 Å². The van der Waals surface area contributed by atoms with Gasteiger partial charge in [0.15, 0.2) is 8.32 Å². The van der Waals surface area contributed by atoms with Gasteiger partial charge < -0.3 is 9.53 Å². The van der Waals surface area contributed by atoms with E-state index in [0.29, 0.717) is 11.6 Å². The Morgan fingerprint density at radius 1 is 0.833 bits per heavy atom. The summed E-state index contributed by atoms with van der Waals surface area (Å²) in [5.74, 6) is 0. The summed E-state index contributed by atoms with van der Waals surface area (Å²) in [5.41, 5.74) is 0. The number of aliphatic hydroxyl groups excluding tert-OH is 1. The number of hydrogen-bond donors (Lipinski definition) is 1. The van der Waals surface area contributed by atoms with Crippen LogP contribution in [0.15, 0.2) is 0 Å². The fourth-order valence-electron chi connectivity index (χ4n) is 1.64. The average molecular weight is 275 g/mol. The summed E-state index contributed by atoms with van der Waals surface area (Å²) in [7, 11) is -1.52. The molecule has 0 aromatic heterocycles. The van der Waals surface area contributed by atoms with Crippen molar-refractivity contribution < 1.29 is 9.53 Å². The van der Waals surface area contributed by atoms with E-state index in [1.807, 2.05) is 0 Å². The summed E-state index contributed by atoms with van der Waals surface area (Å²) >= 11 is 0. The van der Waals surface area contributed by atoms with Crippen molar-refractivity contribution in [1.29, 1.82) is 0 Å². The highest BCUT2D eigenvalue weighted by Gasteiger charge is 2.36. The molecule has 0 bridgehead atoms. The van der Waals surface area contributed by atoms with E-state index in [1.165, 1.54) is 38.5 Å². The van der Waals surface area contributed by atoms with Gasteiger partial charge in [0.05, 0.1) is 0 Å². The first-order valence-corrected chi connectivity index (χ1v) is 10.5. The van der Waals surface area contributed by atoms with E-state index >= 15 is 0 Å². The Labute approximate surface area is 115 Å². The van der Waals surface area contributed by atoms with Crippen LogP contribution in [0.5, 0.6) is 0 Å². The van der Waals surface area contributed by atoms with Crippen LogP contribution in [0.25, 0.3) is 0 Å². The minimum Gasteiger partial charge on any atom is -0.417 e. The summed E-state index contributed by atoms with van der Waals surface area (Å²) < 4.78 is 6.14. The fourth-order valence-corrected chi connectivity index (χ4v) is 2.73. The van der Waals surface area contributed by atoms with Gasteiger partial charge in [0.1, 0.15) is 0 Å². The van der Waals surface area contributed by atoms with Crippen LogP contribution in [0.3, 0.4) is 0 Å². The smallest absolute Gasteiger partial charge is 0.191 e. The van der Waals surface area contributed by atoms with Crippen molar-refractivity contribution >= 4 is 8.32 Å². The van der Waals surface area contributed by atoms with Crippen LogP contribution in [-0.2, 0) is 4.43 Å². The van der Waals surface area contributed by atoms with E-state index in [9.17, 15) is 0 Å². The normalized spacial score (nSPS) is 13.0. The molecule has 0 aliphatic carbocycles. The van der Waals surface area contributed by atoms with Crippen LogP contribution < -0.4 is 0 Å². The minimum atomic E-state index is -1.52. The van der Waals surface area contributed by atoms with Crippen LogP contribution >= 0.6 is 0 Å². The second-order valence-corrected chi connectivity index (χ2v) is 11.6. The number of unbranched alkanes of at least 4 members (excludes halogenated alkanes) is 6. The van der Waals surface area contributed by atoms with Gasteiger partial charge in [-0.1, -0.05) is 52.9 Å². The lowest BCUT2D eigenvalue weighted by Gasteiger charge is -2.36. The summed E-state index contributed by atoms with van der Waals surface area (Å²) in [6, 6.07) is 0. The van der Waals surface area contributed by atoms with E-state index < -0.39 is 8.32 Å². The van der Waals surface area contributed by atoms with Crippen molar-refractivity contribution in [2.45, 2.75) is 83.8 Å². The molecule has 1 N–H and O–H groups in total. The van der Waals surface area contributed by atoms with Crippen molar-refractivity contribution in [3.63, 3.8) is 0 Å². The monoisotopic (exact) mass is 274 g/mol. The predicted octanol–water partition coefficient (Wildman–Crippen LogP) is 4.73. The molecule has 0 atom stereocenters. The molecule has 0 radical (unpaired) electrons. The Morgan fingerprint density at radius 2 is 1.28 bits per heavy atom. The largest absolute Gasteiger partial charge is 0.417 e. The van der Waals surface area contributed by atoms with Crippen molar-refractivity contribution in [1.82, 2.24) is 0 Å². The molecule has 3 heteroatoms. The van der Waals surface area contributed by atoms with E-state index in [-0.39, 0.29) is 0 Å². The molecule has 0 amide bonds. The molecule has 18 heavy (non-hydrogen) atoms. The maximum Gasteiger partial charge on any atom is 0.191 e. The molecular weight excluding hydrogens is 240 g/mol.